The van der Waals surface area contributed by atoms with Gasteiger partial charge in [0.05, 0.1) is 5.75 Å². The molecule has 0 bridgehead atoms. The van der Waals surface area contributed by atoms with Gasteiger partial charge < -0.3 is 14.8 Å². The van der Waals surface area contributed by atoms with E-state index in [0.29, 0.717) is 41.3 Å². The number of hydrogen-bond acceptors (Lipinski definition) is 7. The number of thioether (sulfide) groups is 1. The number of aryl methyl sites for hydroxylation is 2. The first-order valence-corrected chi connectivity index (χ1v) is 9.52. The third kappa shape index (κ3) is 3.55. The second-order valence-electron chi connectivity index (χ2n) is 6.21. The molecule has 3 aromatic rings. The fraction of sp³-hybridized carbons (Fsp3) is 0.333. The minimum absolute atomic E-state index is 0.146. The van der Waals surface area contributed by atoms with Crippen molar-refractivity contribution in [2.45, 2.75) is 25.9 Å². The quantitative estimate of drug-likeness (QED) is 0.690. The van der Waals surface area contributed by atoms with Gasteiger partial charge in [-0.15, -0.1) is 5.10 Å². The van der Waals surface area contributed by atoms with Gasteiger partial charge in [-0.25, -0.2) is 9.50 Å². The standard InChI is InChI=1S/C18H19N5O3S/c1-10-11(2)19-17-21-18(22-23(17)12(10)3)27-9-16(24)20-13-4-5-14-15(8-13)26-7-6-25-14/h4-5,8H,6-7,9H2,1-3H3,(H,20,24). The van der Waals surface area contributed by atoms with Crippen LogP contribution in [0.25, 0.3) is 5.78 Å². The number of carbonyl (C=O) groups is 1. The summed E-state index contributed by atoms with van der Waals surface area (Å²) in [6.45, 7) is 6.98. The van der Waals surface area contributed by atoms with Crippen LogP contribution in [-0.4, -0.2) is 44.5 Å². The van der Waals surface area contributed by atoms with Crippen molar-refractivity contribution in [1.82, 2.24) is 19.6 Å². The molecule has 1 amide bonds. The highest BCUT2D eigenvalue weighted by atomic mass is 32.2. The molecule has 0 aliphatic carbocycles. The number of fused-ring (bicyclic) bond motifs is 2. The Bertz CT molecular complexity index is 1030. The summed E-state index contributed by atoms with van der Waals surface area (Å²) in [5.41, 5.74) is 3.68. The largest absolute Gasteiger partial charge is 0.486 e. The molecular formula is C18H19N5O3S. The van der Waals surface area contributed by atoms with Gasteiger partial charge in [-0.1, -0.05) is 11.8 Å². The van der Waals surface area contributed by atoms with Crippen LogP contribution in [0.4, 0.5) is 5.69 Å². The first kappa shape index (κ1) is 17.6. The predicted molar refractivity (Wildman–Crippen MR) is 102 cm³/mol. The molecule has 1 N–H and O–H groups in total. The summed E-state index contributed by atoms with van der Waals surface area (Å²) in [5, 5.41) is 7.81. The number of ether oxygens (including phenoxy) is 2. The number of amides is 1. The minimum atomic E-state index is -0.146. The lowest BCUT2D eigenvalue weighted by Gasteiger charge is -2.18. The van der Waals surface area contributed by atoms with E-state index in [0.717, 1.165) is 17.0 Å². The molecule has 0 spiro atoms. The molecule has 140 valence electrons. The van der Waals surface area contributed by atoms with Crippen LogP contribution in [0.3, 0.4) is 0 Å². The van der Waals surface area contributed by atoms with Crippen molar-refractivity contribution in [2.24, 2.45) is 0 Å². The van der Waals surface area contributed by atoms with E-state index in [1.807, 2.05) is 20.8 Å². The molecule has 1 aliphatic rings. The highest BCUT2D eigenvalue weighted by Gasteiger charge is 2.15. The Hall–Kier alpha value is -2.81. The van der Waals surface area contributed by atoms with E-state index < -0.39 is 0 Å². The van der Waals surface area contributed by atoms with Crippen molar-refractivity contribution in [3.8, 4) is 11.5 Å². The van der Waals surface area contributed by atoms with Gasteiger partial charge in [0.1, 0.15) is 13.2 Å². The van der Waals surface area contributed by atoms with E-state index in [-0.39, 0.29) is 11.7 Å². The molecule has 0 atom stereocenters. The Morgan fingerprint density at radius 3 is 2.78 bits per heavy atom. The molecule has 4 rings (SSSR count). The second-order valence-corrected chi connectivity index (χ2v) is 7.15. The van der Waals surface area contributed by atoms with Gasteiger partial charge in [0.15, 0.2) is 11.5 Å². The molecule has 0 radical (unpaired) electrons. The monoisotopic (exact) mass is 385 g/mol. The molecule has 8 nitrogen and oxygen atoms in total. The topological polar surface area (TPSA) is 90.6 Å². The zero-order chi connectivity index (χ0) is 19.0. The molecule has 3 heterocycles. The predicted octanol–water partition coefficient (Wildman–Crippen LogP) is 2.55. The number of anilines is 1. The van der Waals surface area contributed by atoms with E-state index in [1.54, 1.807) is 22.7 Å². The summed E-state index contributed by atoms with van der Waals surface area (Å²) in [5.74, 6) is 1.93. The van der Waals surface area contributed by atoms with Crippen molar-refractivity contribution in [2.75, 3.05) is 24.3 Å². The van der Waals surface area contributed by atoms with E-state index >= 15 is 0 Å². The lowest BCUT2D eigenvalue weighted by molar-refractivity contribution is -0.113. The first-order valence-electron chi connectivity index (χ1n) is 8.54. The van der Waals surface area contributed by atoms with Crippen LogP contribution in [0.15, 0.2) is 23.4 Å². The summed E-state index contributed by atoms with van der Waals surface area (Å²) < 4.78 is 12.7. The summed E-state index contributed by atoms with van der Waals surface area (Å²) in [6.07, 6.45) is 0. The van der Waals surface area contributed by atoms with E-state index in [4.69, 9.17) is 9.47 Å². The second kappa shape index (κ2) is 7.07. The molecule has 1 aliphatic heterocycles. The molecule has 0 fully saturated rings. The van der Waals surface area contributed by atoms with Crippen molar-refractivity contribution >= 4 is 29.1 Å². The molecule has 0 saturated heterocycles. The number of carbonyl (C=O) groups excluding carboxylic acids is 1. The van der Waals surface area contributed by atoms with Crippen LogP contribution in [0.1, 0.15) is 17.0 Å². The molecule has 9 heteroatoms. The maximum absolute atomic E-state index is 12.3. The molecule has 0 unspecified atom stereocenters. The third-order valence-electron chi connectivity index (χ3n) is 4.40. The van der Waals surface area contributed by atoms with Crippen LogP contribution in [-0.2, 0) is 4.79 Å². The fourth-order valence-corrected chi connectivity index (χ4v) is 3.36. The number of nitrogens with one attached hydrogen (secondary N) is 1. The molecule has 1 aromatic carbocycles. The lowest BCUT2D eigenvalue weighted by atomic mass is 10.2. The zero-order valence-corrected chi connectivity index (χ0v) is 16.1. The van der Waals surface area contributed by atoms with Crippen molar-refractivity contribution in [3.05, 3.63) is 35.2 Å². The van der Waals surface area contributed by atoms with Crippen molar-refractivity contribution < 1.29 is 14.3 Å². The number of rotatable bonds is 4. The first-order chi connectivity index (χ1) is 13.0. The zero-order valence-electron chi connectivity index (χ0n) is 15.3. The number of aromatic nitrogens is 4. The minimum Gasteiger partial charge on any atom is -0.486 e. The van der Waals surface area contributed by atoms with Crippen LogP contribution in [0.2, 0.25) is 0 Å². The smallest absolute Gasteiger partial charge is 0.253 e. The summed E-state index contributed by atoms with van der Waals surface area (Å²) >= 11 is 1.27. The number of nitrogens with zero attached hydrogens (tertiary/aromatic N) is 4. The molecular weight excluding hydrogens is 366 g/mol. The van der Waals surface area contributed by atoms with Crippen LogP contribution >= 0.6 is 11.8 Å². The van der Waals surface area contributed by atoms with Crippen LogP contribution in [0, 0.1) is 20.8 Å². The summed E-state index contributed by atoms with van der Waals surface area (Å²) in [6, 6.07) is 5.34. The van der Waals surface area contributed by atoms with Gasteiger partial charge >= 0.3 is 0 Å². The summed E-state index contributed by atoms with van der Waals surface area (Å²) in [4.78, 5) is 21.1. The average Bonchev–Trinajstić information content (AvgIpc) is 3.07. The number of hydrogen-bond donors (Lipinski definition) is 1. The summed E-state index contributed by atoms with van der Waals surface area (Å²) in [7, 11) is 0. The maximum Gasteiger partial charge on any atom is 0.253 e. The highest BCUT2D eigenvalue weighted by Crippen LogP contribution is 2.32. The van der Waals surface area contributed by atoms with Crippen LogP contribution < -0.4 is 14.8 Å². The Morgan fingerprint density at radius 1 is 1.19 bits per heavy atom. The van der Waals surface area contributed by atoms with Crippen molar-refractivity contribution in [3.63, 3.8) is 0 Å². The Kier molecular flexibility index (Phi) is 4.61. The Labute approximate surface area is 160 Å². The fourth-order valence-electron chi connectivity index (χ4n) is 2.75. The van der Waals surface area contributed by atoms with Gasteiger partial charge in [0.2, 0.25) is 11.1 Å². The van der Waals surface area contributed by atoms with Gasteiger partial charge in [0, 0.05) is 23.1 Å². The highest BCUT2D eigenvalue weighted by molar-refractivity contribution is 7.99. The van der Waals surface area contributed by atoms with Gasteiger partial charge in [0.25, 0.3) is 5.78 Å². The maximum atomic E-state index is 12.3. The van der Waals surface area contributed by atoms with Crippen molar-refractivity contribution in [1.29, 1.82) is 0 Å². The van der Waals surface area contributed by atoms with Gasteiger partial charge in [-0.2, -0.15) is 4.98 Å². The van der Waals surface area contributed by atoms with E-state index in [1.165, 1.54) is 11.8 Å². The van der Waals surface area contributed by atoms with Gasteiger partial charge in [-0.3, -0.25) is 4.79 Å². The van der Waals surface area contributed by atoms with Gasteiger partial charge in [-0.05, 0) is 38.5 Å². The average molecular weight is 385 g/mol. The Balaban J connectivity index is 1.42. The third-order valence-corrected chi connectivity index (χ3v) is 5.24. The molecule has 27 heavy (non-hydrogen) atoms. The molecule has 0 saturated carbocycles. The Morgan fingerprint density at radius 2 is 1.96 bits per heavy atom. The normalized spacial score (nSPS) is 13.0. The lowest BCUT2D eigenvalue weighted by Crippen LogP contribution is -2.17. The number of benzene rings is 1. The molecule has 2 aromatic heterocycles. The SMILES string of the molecule is Cc1nc2nc(SCC(=O)Nc3ccc4c(c3)OCCO4)nn2c(C)c1C. The van der Waals surface area contributed by atoms with E-state index in [2.05, 4.69) is 20.4 Å². The van der Waals surface area contributed by atoms with E-state index in [9.17, 15) is 4.79 Å². The van der Waals surface area contributed by atoms with Crippen LogP contribution in [0.5, 0.6) is 11.5 Å².